The first kappa shape index (κ1) is 25.5. The lowest BCUT2D eigenvalue weighted by Gasteiger charge is -2.29. The van der Waals surface area contributed by atoms with Gasteiger partial charge in [0.05, 0.1) is 18.1 Å². The van der Waals surface area contributed by atoms with Crippen LogP contribution in [0.1, 0.15) is 18.9 Å². The minimum absolute atomic E-state index is 0.187. The fourth-order valence-corrected chi connectivity index (χ4v) is 4.61. The van der Waals surface area contributed by atoms with Gasteiger partial charge in [0.25, 0.3) is 0 Å². The summed E-state index contributed by atoms with van der Waals surface area (Å²) >= 11 is 0. The lowest BCUT2D eigenvalue weighted by Crippen LogP contribution is -2.55. The minimum Gasteiger partial charge on any atom is -0.378 e. The lowest BCUT2D eigenvalue weighted by atomic mass is 10.0. The Morgan fingerprint density at radius 1 is 1.00 bits per heavy atom. The van der Waals surface area contributed by atoms with Crippen LogP contribution in [0.15, 0.2) is 77.0 Å². The molecule has 0 unspecified atom stereocenters. The van der Waals surface area contributed by atoms with E-state index in [0.717, 1.165) is 11.0 Å². The lowest BCUT2D eigenvalue weighted by molar-refractivity contribution is -0.123. The summed E-state index contributed by atoms with van der Waals surface area (Å²) in [5.41, 5.74) is 0.903. The number of sulfone groups is 1. The van der Waals surface area contributed by atoms with E-state index in [9.17, 15) is 18.0 Å². The Morgan fingerprint density at radius 3 is 2.24 bits per heavy atom. The van der Waals surface area contributed by atoms with Gasteiger partial charge in [-0.15, -0.1) is 0 Å². The molecule has 0 radical (unpaired) electrons. The van der Waals surface area contributed by atoms with Crippen LogP contribution in [0.4, 0.5) is 4.79 Å². The van der Waals surface area contributed by atoms with Crippen LogP contribution in [0, 0.1) is 0 Å². The molecule has 3 rings (SSSR count). The molecule has 1 saturated heterocycles. The Hall–Kier alpha value is -3.17. The third kappa shape index (κ3) is 7.43. The molecule has 0 aromatic heterocycles. The Balaban J connectivity index is 1.71. The molecule has 1 aliphatic rings. The summed E-state index contributed by atoms with van der Waals surface area (Å²) in [5.74, 6) is -0.376. The van der Waals surface area contributed by atoms with Crippen LogP contribution in [0.2, 0.25) is 0 Å². The Bertz CT molecular complexity index is 1070. The number of carbonyl (C=O) groups is 2. The molecule has 9 heteroatoms. The number of morpholine rings is 1. The van der Waals surface area contributed by atoms with E-state index in [1.54, 1.807) is 23.1 Å². The summed E-state index contributed by atoms with van der Waals surface area (Å²) in [6, 6.07) is 15.9. The molecule has 3 amide bonds. The van der Waals surface area contributed by atoms with Gasteiger partial charge >= 0.3 is 6.03 Å². The largest absolute Gasteiger partial charge is 0.378 e. The van der Waals surface area contributed by atoms with Gasteiger partial charge in [0, 0.05) is 31.0 Å². The van der Waals surface area contributed by atoms with Gasteiger partial charge in [-0.05, 0) is 24.1 Å². The SMILES string of the molecule is CC[C@@H](C=CS(=O)(=O)c1ccccc1)NC(=O)[C@H](Cc1ccccc1)NC(=O)N1CCOCC1. The number of amides is 3. The Labute approximate surface area is 200 Å². The van der Waals surface area contributed by atoms with E-state index in [0.29, 0.717) is 39.1 Å². The first-order chi connectivity index (χ1) is 16.4. The smallest absolute Gasteiger partial charge is 0.318 e. The zero-order valence-electron chi connectivity index (χ0n) is 19.2. The number of benzene rings is 2. The van der Waals surface area contributed by atoms with Gasteiger partial charge in [0.15, 0.2) is 9.84 Å². The van der Waals surface area contributed by atoms with E-state index >= 15 is 0 Å². The number of ether oxygens (including phenoxy) is 1. The molecule has 2 aromatic rings. The molecule has 2 aromatic carbocycles. The fraction of sp³-hybridized carbons (Fsp3) is 0.360. The molecule has 182 valence electrons. The Morgan fingerprint density at radius 2 is 1.62 bits per heavy atom. The molecule has 1 heterocycles. The Kier molecular flexibility index (Phi) is 9.24. The van der Waals surface area contributed by atoms with Crippen LogP contribution < -0.4 is 10.6 Å². The van der Waals surface area contributed by atoms with Gasteiger partial charge in [-0.2, -0.15) is 0 Å². The second kappa shape index (κ2) is 12.3. The van der Waals surface area contributed by atoms with Crippen molar-refractivity contribution in [2.75, 3.05) is 26.3 Å². The van der Waals surface area contributed by atoms with E-state index in [1.807, 2.05) is 37.3 Å². The standard InChI is InChI=1S/C25H31N3O5S/c1-2-21(13-18-34(31,32)22-11-7-4-8-12-22)26-24(29)23(19-20-9-5-3-6-10-20)27-25(30)28-14-16-33-17-15-28/h3-13,18,21,23H,2,14-17,19H2,1H3,(H,26,29)(H,27,30)/t21-,23-/m0/s1. The number of carbonyl (C=O) groups excluding carboxylic acids is 2. The molecule has 34 heavy (non-hydrogen) atoms. The summed E-state index contributed by atoms with van der Waals surface area (Å²) in [4.78, 5) is 27.7. The highest BCUT2D eigenvalue weighted by Crippen LogP contribution is 2.12. The van der Waals surface area contributed by atoms with Crippen molar-refractivity contribution in [2.45, 2.75) is 36.7 Å². The number of hydrogen-bond acceptors (Lipinski definition) is 5. The molecule has 2 atom stereocenters. The van der Waals surface area contributed by atoms with Crippen molar-refractivity contribution in [3.63, 3.8) is 0 Å². The van der Waals surface area contributed by atoms with E-state index < -0.39 is 21.9 Å². The van der Waals surface area contributed by atoms with E-state index in [-0.39, 0.29) is 16.8 Å². The predicted molar refractivity (Wildman–Crippen MR) is 130 cm³/mol. The number of rotatable bonds is 9. The highest BCUT2D eigenvalue weighted by molar-refractivity contribution is 7.94. The molecule has 0 saturated carbocycles. The molecular weight excluding hydrogens is 454 g/mol. The molecule has 1 fully saturated rings. The van der Waals surface area contributed by atoms with Crippen LogP contribution in [-0.4, -0.2) is 63.6 Å². The van der Waals surface area contributed by atoms with Gasteiger partial charge in [0.1, 0.15) is 6.04 Å². The number of nitrogens with one attached hydrogen (secondary N) is 2. The molecule has 2 N–H and O–H groups in total. The van der Waals surface area contributed by atoms with Gasteiger partial charge in [-0.25, -0.2) is 13.2 Å². The van der Waals surface area contributed by atoms with Crippen LogP contribution in [0.3, 0.4) is 0 Å². The van der Waals surface area contributed by atoms with Crippen molar-refractivity contribution >= 4 is 21.8 Å². The van der Waals surface area contributed by atoms with Crippen LogP contribution in [0.25, 0.3) is 0 Å². The fourth-order valence-electron chi connectivity index (χ4n) is 3.52. The van der Waals surface area contributed by atoms with E-state index in [2.05, 4.69) is 10.6 Å². The molecule has 0 aliphatic carbocycles. The maximum absolute atomic E-state index is 13.2. The van der Waals surface area contributed by atoms with Crippen molar-refractivity contribution in [3.8, 4) is 0 Å². The normalized spacial score (nSPS) is 16.1. The second-order valence-electron chi connectivity index (χ2n) is 8.00. The van der Waals surface area contributed by atoms with Crippen molar-refractivity contribution < 1.29 is 22.7 Å². The monoisotopic (exact) mass is 485 g/mol. The van der Waals surface area contributed by atoms with Crippen LogP contribution in [0.5, 0.6) is 0 Å². The number of hydrogen-bond donors (Lipinski definition) is 2. The van der Waals surface area contributed by atoms with Crippen molar-refractivity contribution in [1.82, 2.24) is 15.5 Å². The van der Waals surface area contributed by atoms with Crippen molar-refractivity contribution in [2.24, 2.45) is 0 Å². The topological polar surface area (TPSA) is 105 Å². The van der Waals surface area contributed by atoms with Gasteiger partial charge < -0.3 is 20.3 Å². The first-order valence-corrected chi connectivity index (χ1v) is 12.9. The molecule has 8 nitrogen and oxygen atoms in total. The quantitative estimate of drug-likeness (QED) is 0.568. The van der Waals surface area contributed by atoms with Crippen LogP contribution >= 0.6 is 0 Å². The summed E-state index contributed by atoms with van der Waals surface area (Å²) in [5, 5.41) is 6.83. The highest BCUT2D eigenvalue weighted by Gasteiger charge is 2.26. The molecule has 0 bridgehead atoms. The maximum Gasteiger partial charge on any atom is 0.318 e. The van der Waals surface area contributed by atoms with E-state index in [4.69, 9.17) is 4.74 Å². The van der Waals surface area contributed by atoms with Crippen molar-refractivity contribution in [3.05, 3.63) is 77.7 Å². The van der Waals surface area contributed by atoms with Crippen LogP contribution in [-0.2, 0) is 25.8 Å². The third-order valence-corrected chi connectivity index (χ3v) is 6.97. The van der Waals surface area contributed by atoms with Crippen molar-refractivity contribution in [1.29, 1.82) is 0 Å². The highest BCUT2D eigenvalue weighted by atomic mass is 32.2. The summed E-state index contributed by atoms with van der Waals surface area (Å²) in [6.45, 7) is 3.69. The third-order valence-electron chi connectivity index (χ3n) is 5.52. The molecule has 1 aliphatic heterocycles. The predicted octanol–water partition coefficient (Wildman–Crippen LogP) is 2.52. The zero-order chi connectivity index (χ0) is 24.4. The second-order valence-corrected chi connectivity index (χ2v) is 9.83. The number of urea groups is 1. The molecular formula is C25H31N3O5S. The van der Waals surface area contributed by atoms with Gasteiger partial charge in [-0.3, -0.25) is 4.79 Å². The number of nitrogens with zero attached hydrogens (tertiary/aromatic N) is 1. The minimum atomic E-state index is -3.62. The summed E-state index contributed by atoms with van der Waals surface area (Å²) < 4.78 is 30.4. The van der Waals surface area contributed by atoms with Gasteiger partial charge in [0.2, 0.25) is 5.91 Å². The maximum atomic E-state index is 13.2. The summed E-state index contributed by atoms with van der Waals surface area (Å²) in [7, 11) is -3.62. The zero-order valence-corrected chi connectivity index (χ0v) is 20.0. The molecule has 0 spiro atoms. The average Bonchev–Trinajstić information content (AvgIpc) is 2.87. The average molecular weight is 486 g/mol. The first-order valence-electron chi connectivity index (χ1n) is 11.3. The van der Waals surface area contributed by atoms with E-state index in [1.165, 1.54) is 18.2 Å². The van der Waals surface area contributed by atoms with Gasteiger partial charge in [-0.1, -0.05) is 61.5 Å². The summed E-state index contributed by atoms with van der Waals surface area (Å²) in [6.07, 6.45) is 2.27.